The van der Waals surface area contributed by atoms with Crippen LogP contribution in [0.5, 0.6) is 0 Å². The number of nitrogens with zero attached hydrogens (tertiary/aromatic N) is 1. The van der Waals surface area contributed by atoms with Crippen LogP contribution in [0.1, 0.15) is 19.4 Å². The van der Waals surface area contributed by atoms with Crippen LogP contribution in [-0.2, 0) is 20.8 Å². The van der Waals surface area contributed by atoms with Crippen LogP contribution in [-0.4, -0.2) is 41.8 Å². The first-order chi connectivity index (χ1) is 9.12. The molecule has 0 amide bonds. The van der Waals surface area contributed by atoms with Crippen molar-refractivity contribution in [3.63, 3.8) is 0 Å². The molecule has 3 saturated heterocycles. The molecule has 0 spiro atoms. The average Bonchev–Trinajstić information content (AvgIpc) is 2.75. The van der Waals surface area contributed by atoms with E-state index in [0.717, 1.165) is 13.1 Å². The number of rotatable bonds is 2. The zero-order chi connectivity index (χ0) is 13.0. The molecule has 1 aromatic rings. The van der Waals surface area contributed by atoms with Gasteiger partial charge in [0.25, 0.3) is 0 Å². The van der Waals surface area contributed by atoms with Crippen molar-refractivity contribution in [3.05, 3.63) is 35.9 Å². The van der Waals surface area contributed by atoms with Gasteiger partial charge in [-0.15, -0.1) is 0 Å². The van der Waals surface area contributed by atoms with E-state index in [-0.39, 0.29) is 18.5 Å². The molecule has 3 fully saturated rings. The summed E-state index contributed by atoms with van der Waals surface area (Å²) < 4.78 is 17.7. The zero-order valence-electron chi connectivity index (χ0n) is 11.3. The Kier molecular flexibility index (Phi) is 2.51. The van der Waals surface area contributed by atoms with Gasteiger partial charge in [-0.05, 0) is 19.4 Å². The third-order valence-corrected chi connectivity index (χ3v) is 4.18. The minimum atomic E-state index is -0.520. The number of fused-ring (bicyclic) bond motifs is 3. The molecule has 0 radical (unpaired) electrons. The normalized spacial score (nSPS) is 39.7. The van der Waals surface area contributed by atoms with E-state index in [1.807, 2.05) is 19.9 Å². The van der Waals surface area contributed by atoms with Crippen LogP contribution in [0, 0.1) is 0 Å². The summed E-state index contributed by atoms with van der Waals surface area (Å²) in [5, 5.41) is 0. The van der Waals surface area contributed by atoms with Crippen molar-refractivity contribution in [2.45, 2.75) is 50.7 Å². The molecule has 0 bridgehead atoms. The molecule has 4 heteroatoms. The van der Waals surface area contributed by atoms with Gasteiger partial charge in [0.2, 0.25) is 0 Å². The molecular formula is C15H19NO3. The molecule has 102 valence electrons. The van der Waals surface area contributed by atoms with Gasteiger partial charge in [-0.3, -0.25) is 4.90 Å². The SMILES string of the molecule is CC1(C)O[C@@H]2O[C@H]3CN(Cc4ccccc4)[C@H]3[C@@H]2O1. The van der Waals surface area contributed by atoms with E-state index < -0.39 is 5.79 Å². The topological polar surface area (TPSA) is 30.9 Å². The van der Waals surface area contributed by atoms with Gasteiger partial charge in [0.1, 0.15) is 6.10 Å². The monoisotopic (exact) mass is 261 g/mol. The van der Waals surface area contributed by atoms with E-state index in [1.165, 1.54) is 5.56 Å². The second kappa shape index (κ2) is 4.03. The van der Waals surface area contributed by atoms with Crippen LogP contribution >= 0.6 is 0 Å². The van der Waals surface area contributed by atoms with E-state index in [4.69, 9.17) is 14.2 Å². The van der Waals surface area contributed by atoms with Crippen LogP contribution in [0.15, 0.2) is 30.3 Å². The summed E-state index contributed by atoms with van der Waals surface area (Å²) in [4.78, 5) is 2.43. The summed E-state index contributed by atoms with van der Waals surface area (Å²) in [5.41, 5.74) is 1.34. The average molecular weight is 261 g/mol. The van der Waals surface area contributed by atoms with Gasteiger partial charge < -0.3 is 14.2 Å². The van der Waals surface area contributed by atoms with E-state index in [1.54, 1.807) is 0 Å². The molecule has 3 heterocycles. The fourth-order valence-corrected chi connectivity index (χ4v) is 3.35. The highest BCUT2D eigenvalue weighted by atomic mass is 16.8. The van der Waals surface area contributed by atoms with Crippen molar-refractivity contribution in [2.75, 3.05) is 6.54 Å². The van der Waals surface area contributed by atoms with Gasteiger partial charge >= 0.3 is 0 Å². The molecule has 1 aromatic carbocycles. The fraction of sp³-hybridized carbons (Fsp3) is 0.600. The highest BCUT2D eigenvalue weighted by Crippen LogP contribution is 2.44. The third kappa shape index (κ3) is 1.91. The minimum absolute atomic E-state index is 0.0532. The first-order valence-corrected chi connectivity index (χ1v) is 6.91. The quantitative estimate of drug-likeness (QED) is 0.811. The van der Waals surface area contributed by atoms with Crippen molar-refractivity contribution in [2.24, 2.45) is 0 Å². The van der Waals surface area contributed by atoms with Gasteiger partial charge in [0.15, 0.2) is 12.1 Å². The summed E-state index contributed by atoms with van der Waals surface area (Å²) in [6.07, 6.45) is 0.137. The maximum Gasteiger partial charge on any atom is 0.189 e. The standard InChI is InChI=1S/C15H19NO3/c1-15(2)18-13-12-11(17-14(13)19-15)9-16(12)8-10-6-4-3-5-7-10/h3-7,11-14H,8-9H2,1-2H3/t11-,12+,13-,14-/m0/s1. The molecule has 0 aliphatic carbocycles. The van der Waals surface area contributed by atoms with Gasteiger partial charge in [0.05, 0.1) is 12.1 Å². The molecule has 0 aromatic heterocycles. The maximum absolute atomic E-state index is 5.99. The molecule has 0 unspecified atom stereocenters. The van der Waals surface area contributed by atoms with Gasteiger partial charge in [0, 0.05) is 13.1 Å². The van der Waals surface area contributed by atoms with Crippen molar-refractivity contribution in [1.29, 1.82) is 0 Å². The predicted molar refractivity (Wildman–Crippen MR) is 69.3 cm³/mol. The van der Waals surface area contributed by atoms with Crippen LogP contribution < -0.4 is 0 Å². The molecular weight excluding hydrogens is 242 g/mol. The lowest BCUT2D eigenvalue weighted by atomic mass is 9.95. The summed E-state index contributed by atoms with van der Waals surface area (Å²) in [6.45, 7) is 5.83. The first kappa shape index (κ1) is 11.9. The van der Waals surface area contributed by atoms with Crippen LogP contribution in [0.3, 0.4) is 0 Å². The predicted octanol–water partition coefficient (Wildman–Crippen LogP) is 1.75. The molecule has 0 N–H and O–H groups in total. The summed E-state index contributed by atoms with van der Waals surface area (Å²) in [5.74, 6) is -0.520. The molecule has 4 atom stereocenters. The second-order valence-corrected chi connectivity index (χ2v) is 6.05. The Labute approximate surface area is 113 Å². The lowest BCUT2D eigenvalue weighted by molar-refractivity contribution is -0.228. The fourth-order valence-electron chi connectivity index (χ4n) is 3.35. The number of benzene rings is 1. The van der Waals surface area contributed by atoms with E-state index in [2.05, 4.69) is 29.2 Å². The van der Waals surface area contributed by atoms with Crippen molar-refractivity contribution >= 4 is 0 Å². The van der Waals surface area contributed by atoms with E-state index >= 15 is 0 Å². The number of likely N-dealkylation sites (tertiary alicyclic amines) is 1. The van der Waals surface area contributed by atoms with Crippen molar-refractivity contribution in [3.8, 4) is 0 Å². The van der Waals surface area contributed by atoms with Crippen molar-refractivity contribution < 1.29 is 14.2 Å². The minimum Gasteiger partial charge on any atom is -0.343 e. The van der Waals surface area contributed by atoms with Crippen LogP contribution in [0.25, 0.3) is 0 Å². The first-order valence-electron chi connectivity index (χ1n) is 6.91. The zero-order valence-corrected chi connectivity index (χ0v) is 11.3. The van der Waals surface area contributed by atoms with Gasteiger partial charge in [-0.1, -0.05) is 30.3 Å². The Hall–Kier alpha value is -0.940. The lowest BCUT2D eigenvalue weighted by Gasteiger charge is -2.45. The Morgan fingerprint density at radius 1 is 1.21 bits per heavy atom. The number of hydrogen-bond acceptors (Lipinski definition) is 4. The summed E-state index contributed by atoms with van der Waals surface area (Å²) in [6, 6.07) is 10.9. The Bertz CT molecular complexity index is 476. The smallest absolute Gasteiger partial charge is 0.189 e. The number of hydrogen-bond donors (Lipinski definition) is 0. The van der Waals surface area contributed by atoms with Crippen molar-refractivity contribution in [1.82, 2.24) is 4.90 Å². The third-order valence-electron chi connectivity index (χ3n) is 4.18. The molecule has 0 saturated carbocycles. The van der Waals surface area contributed by atoms with E-state index in [0.29, 0.717) is 6.04 Å². The summed E-state index contributed by atoms with van der Waals surface area (Å²) in [7, 11) is 0. The largest absolute Gasteiger partial charge is 0.343 e. The molecule has 3 aliphatic rings. The highest BCUT2D eigenvalue weighted by molar-refractivity contribution is 5.17. The Balaban J connectivity index is 1.47. The van der Waals surface area contributed by atoms with Gasteiger partial charge in [-0.25, -0.2) is 0 Å². The molecule has 4 nitrogen and oxygen atoms in total. The van der Waals surface area contributed by atoms with Gasteiger partial charge in [-0.2, -0.15) is 0 Å². The lowest BCUT2D eigenvalue weighted by Crippen LogP contribution is -2.61. The second-order valence-electron chi connectivity index (χ2n) is 6.05. The Morgan fingerprint density at radius 2 is 2.00 bits per heavy atom. The van der Waals surface area contributed by atoms with Crippen LogP contribution in [0.4, 0.5) is 0 Å². The molecule has 19 heavy (non-hydrogen) atoms. The Morgan fingerprint density at radius 3 is 2.79 bits per heavy atom. The number of ether oxygens (including phenoxy) is 3. The van der Waals surface area contributed by atoms with E-state index in [9.17, 15) is 0 Å². The molecule has 4 rings (SSSR count). The maximum atomic E-state index is 5.99. The van der Waals surface area contributed by atoms with Crippen LogP contribution in [0.2, 0.25) is 0 Å². The molecule has 3 aliphatic heterocycles. The highest BCUT2D eigenvalue weighted by Gasteiger charge is 2.60. The summed E-state index contributed by atoms with van der Waals surface area (Å²) >= 11 is 0.